The van der Waals surface area contributed by atoms with Crippen molar-refractivity contribution in [3.05, 3.63) is 52.5 Å². The molecule has 0 spiro atoms. The van der Waals surface area contributed by atoms with Gasteiger partial charge in [-0.3, -0.25) is 9.89 Å². The molecule has 1 unspecified atom stereocenters. The standard InChI is InChI=1S/C22H30N6OS.HI/c1-17-26-18-6-3-4-7-19(18)28(17)10-9-24-22(23-2)25-16-20(21-8-5-15-30-21)27-11-13-29-14-12-27;/h3-8,15,20H,9-14,16H2,1-2H3,(H2,23,24,25);1H. The van der Waals surface area contributed by atoms with Crippen molar-refractivity contribution >= 4 is 52.3 Å². The van der Waals surface area contributed by atoms with Gasteiger partial charge in [0.25, 0.3) is 0 Å². The molecule has 1 aliphatic rings. The number of nitrogens with one attached hydrogen (secondary N) is 2. The highest BCUT2D eigenvalue weighted by atomic mass is 127. The number of aryl methyl sites for hydroxylation is 1. The zero-order valence-corrected chi connectivity index (χ0v) is 21.2. The minimum atomic E-state index is 0. The highest BCUT2D eigenvalue weighted by molar-refractivity contribution is 14.0. The lowest BCUT2D eigenvalue weighted by Gasteiger charge is -2.34. The summed E-state index contributed by atoms with van der Waals surface area (Å²) in [5.41, 5.74) is 2.21. The van der Waals surface area contributed by atoms with E-state index in [2.05, 4.69) is 72.7 Å². The zero-order valence-electron chi connectivity index (χ0n) is 18.1. The number of thiophene rings is 1. The highest BCUT2D eigenvalue weighted by Crippen LogP contribution is 2.25. The van der Waals surface area contributed by atoms with Crippen LogP contribution in [0.15, 0.2) is 46.8 Å². The molecule has 0 saturated carbocycles. The van der Waals surface area contributed by atoms with Gasteiger partial charge in [0.1, 0.15) is 5.82 Å². The predicted octanol–water partition coefficient (Wildman–Crippen LogP) is 3.26. The molecule has 2 aromatic heterocycles. The summed E-state index contributed by atoms with van der Waals surface area (Å²) in [4.78, 5) is 12.9. The SMILES string of the molecule is CN=C(NCCn1c(C)nc2ccccc21)NCC(c1cccs1)N1CCOCC1.I. The van der Waals surface area contributed by atoms with Crippen molar-refractivity contribution in [1.82, 2.24) is 25.1 Å². The molecule has 4 rings (SSSR count). The number of nitrogens with zero attached hydrogens (tertiary/aromatic N) is 4. The van der Waals surface area contributed by atoms with Gasteiger partial charge in [-0.25, -0.2) is 4.98 Å². The second-order valence-electron chi connectivity index (χ2n) is 7.36. The molecule has 0 amide bonds. The maximum atomic E-state index is 5.54. The van der Waals surface area contributed by atoms with E-state index in [0.717, 1.165) is 63.2 Å². The third-order valence-corrected chi connectivity index (χ3v) is 6.49. The summed E-state index contributed by atoms with van der Waals surface area (Å²) in [5, 5.41) is 9.13. The second kappa shape index (κ2) is 11.8. The van der Waals surface area contributed by atoms with E-state index in [0.29, 0.717) is 6.04 Å². The number of rotatable bonds is 7. The van der Waals surface area contributed by atoms with Gasteiger partial charge in [0, 0.05) is 44.6 Å². The molecule has 9 heteroatoms. The molecular weight excluding hydrogens is 523 g/mol. The largest absolute Gasteiger partial charge is 0.379 e. The second-order valence-corrected chi connectivity index (χ2v) is 8.34. The van der Waals surface area contributed by atoms with Crippen LogP contribution in [0.4, 0.5) is 0 Å². The van der Waals surface area contributed by atoms with Crippen molar-refractivity contribution in [3.63, 3.8) is 0 Å². The van der Waals surface area contributed by atoms with Crippen molar-refractivity contribution in [2.45, 2.75) is 19.5 Å². The van der Waals surface area contributed by atoms with Crippen LogP contribution in [0.2, 0.25) is 0 Å². The van der Waals surface area contributed by atoms with E-state index in [4.69, 9.17) is 4.74 Å². The van der Waals surface area contributed by atoms with Crippen LogP contribution in [0, 0.1) is 6.92 Å². The fraction of sp³-hybridized carbons (Fsp3) is 0.455. The number of aromatic nitrogens is 2. The number of hydrogen-bond donors (Lipinski definition) is 2. The summed E-state index contributed by atoms with van der Waals surface area (Å²) in [7, 11) is 1.82. The van der Waals surface area contributed by atoms with E-state index in [1.54, 1.807) is 0 Å². The Kier molecular flexibility index (Phi) is 9.12. The Bertz CT molecular complexity index is 968. The van der Waals surface area contributed by atoms with Gasteiger partial charge in [-0.05, 0) is 30.5 Å². The third-order valence-electron chi connectivity index (χ3n) is 5.52. The van der Waals surface area contributed by atoms with Gasteiger partial charge in [0.05, 0.1) is 30.3 Å². The number of hydrogen-bond acceptors (Lipinski definition) is 5. The Morgan fingerprint density at radius 1 is 1.19 bits per heavy atom. The molecule has 1 aromatic carbocycles. The van der Waals surface area contributed by atoms with E-state index in [1.165, 1.54) is 10.4 Å². The van der Waals surface area contributed by atoms with Gasteiger partial charge in [0.15, 0.2) is 5.96 Å². The van der Waals surface area contributed by atoms with Crippen LogP contribution < -0.4 is 10.6 Å². The van der Waals surface area contributed by atoms with Crippen molar-refractivity contribution in [1.29, 1.82) is 0 Å². The first-order valence-corrected chi connectivity index (χ1v) is 11.4. The van der Waals surface area contributed by atoms with Crippen LogP contribution >= 0.6 is 35.3 Å². The first kappa shape index (κ1) is 24.0. The number of aliphatic imine (C=N–C) groups is 1. The number of imidazole rings is 1. The average Bonchev–Trinajstić information content (AvgIpc) is 3.41. The van der Waals surface area contributed by atoms with Crippen LogP contribution in [0.1, 0.15) is 16.7 Å². The first-order valence-electron chi connectivity index (χ1n) is 10.5. The molecule has 168 valence electrons. The summed E-state index contributed by atoms with van der Waals surface area (Å²) in [5.74, 6) is 1.86. The normalized spacial score (nSPS) is 16.1. The summed E-state index contributed by atoms with van der Waals surface area (Å²) in [6.07, 6.45) is 0. The quantitative estimate of drug-likeness (QED) is 0.267. The number of fused-ring (bicyclic) bond motifs is 1. The number of morpholine rings is 1. The van der Waals surface area contributed by atoms with Gasteiger partial charge >= 0.3 is 0 Å². The Balaban J connectivity index is 0.00000272. The Morgan fingerprint density at radius 3 is 2.74 bits per heavy atom. The fourth-order valence-corrected chi connectivity index (χ4v) is 4.82. The minimum absolute atomic E-state index is 0. The Labute approximate surface area is 204 Å². The van der Waals surface area contributed by atoms with Crippen molar-refractivity contribution in [2.75, 3.05) is 46.4 Å². The molecule has 3 aromatic rings. The lowest BCUT2D eigenvalue weighted by Crippen LogP contribution is -2.46. The van der Waals surface area contributed by atoms with Crippen LogP contribution in [0.25, 0.3) is 11.0 Å². The predicted molar refractivity (Wildman–Crippen MR) is 139 cm³/mol. The Hall–Kier alpha value is -1.69. The molecule has 1 atom stereocenters. The molecule has 3 heterocycles. The summed E-state index contributed by atoms with van der Waals surface area (Å²) < 4.78 is 7.79. The van der Waals surface area contributed by atoms with E-state index in [-0.39, 0.29) is 24.0 Å². The number of benzene rings is 1. The number of halogens is 1. The molecular formula is C22H31IN6OS. The number of ether oxygens (including phenoxy) is 1. The number of para-hydroxylation sites is 2. The molecule has 7 nitrogen and oxygen atoms in total. The van der Waals surface area contributed by atoms with Crippen LogP contribution in [0.3, 0.4) is 0 Å². The topological polar surface area (TPSA) is 66.7 Å². The van der Waals surface area contributed by atoms with Crippen molar-refractivity contribution in [2.24, 2.45) is 4.99 Å². The molecule has 0 radical (unpaired) electrons. The van der Waals surface area contributed by atoms with Gasteiger partial charge in [-0.1, -0.05) is 18.2 Å². The van der Waals surface area contributed by atoms with Crippen LogP contribution in [-0.2, 0) is 11.3 Å². The summed E-state index contributed by atoms with van der Waals surface area (Å²) in [6.45, 7) is 8.01. The van der Waals surface area contributed by atoms with Crippen molar-refractivity contribution in [3.8, 4) is 0 Å². The molecule has 31 heavy (non-hydrogen) atoms. The van der Waals surface area contributed by atoms with Gasteiger partial charge in [-0.15, -0.1) is 35.3 Å². The van der Waals surface area contributed by atoms with Gasteiger partial charge in [0.2, 0.25) is 0 Å². The third kappa shape index (κ3) is 5.97. The van der Waals surface area contributed by atoms with Crippen LogP contribution in [0.5, 0.6) is 0 Å². The fourth-order valence-electron chi connectivity index (χ4n) is 3.96. The van der Waals surface area contributed by atoms with E-state index >= 15 is 0 Å². The first-order chi connectivity index (χ1) is 14.8. The van der Waals surface area contributed by atoms with E-state index < -0.39 is 0 Å². The lowest BCUT2D eigenvalue weighted by molar-refractivity contribution is 0.0177. The molecule has 1 fully saturated rings. The minimum Gasteiger partial charge on any atom is -0.379 e. The van der Waals surface area contributed by atoms with E-state index in [1.807, 2.05) is 24.5 Å². The van der Waals surface area contributed by atoms with Crippen molar-refractivity contribution < 1.29 is 4.74 Å². The molecule has 2 N–H and O–H groups in total. The molecule has 0 bridgehead atoms. The lowest BCUT2D eigenvalue weighted by atomic mass is 10.2. The van der Waals surface area contributed by atoms with Crippen LogP contribution in [-0.4, -0.2) is 66.9 Å². The van der Waals surface area contributed by atoms with Gasteiger partial charge in [-0.2, -0.15) is 0 Å². The molecule has 1 saturated heterocycles. The van der Waals surface area contributed by atoms with Gasteiger partial charge < -0.3 is 19.9 Å². The summed E-state index contributed by atoms with van der Waals surface area (Å²) in [6, 6.07) is 12.9. The smallest absolute Gasteiger partial charge is 0.191 e. The summed E-state index contributed by atoms with van der Waals surface area (Å²) >= 11 is 1.81. The zero-order chi connectivity index (χ0) is 20.8. The molecule has 0 aliphatic carbocycles. The molecule has 1 aliphatic heterocycles. The highest BCUT2D eigenvalue weighted by Gasteiger charge is 2.23. The Morgan fingerprint density at radius 2 is 2.00 bits per heavy atom. The number of guanidine groups is 1. The maximum absolute atomic E-state index is 5.54. The van der Waals surface area contributed by atoms with E-state index in [9.17, 15) is 0 Å². The average molecular weight is 555 g/mol. The monoisotopic (exact) mass is 554 g/mol. The maximum Gasteiger partial charge on any atom is 0.191 e.